The molecule has 8 heteroatoms. The van der Waals surface area contributed by atoms with Crippen molar-refractivity contribution >= 4 is 40.0 Å². The first-order valence-electron chi connectivity index (χ1n) is 8.46. The molecule has 0 atom stereocenters. The molecule has 0 fully saturated rings. The maximum absolute atomic E-state index is 13.2. The molecule has 4 aromatic rings. The highest BCUT2D eigenvalue weighted by Gasteiger charge is 2.15. The lowest BCUT2D eigenvalue weighted by atomic mass is 10.3. The molecule has 4 rings (SSSR count). The zero-order valence-corrected chi connectivity index (χ0v) is 15.3. The van der Waals surface area contributed by atoms with Gasteiger partial charge >= 0.3 is 0 Å². The number of halogens is 1. The number of fused-ring (bicyclic) bond motifs is 3. The summed E-state index contributed by atoms with van der Waals surface area (Å²) in [4.78, 5) is 16.9. The van der Waals surface area contributed by atoms with Gasteiger partial charge in [0.15, 0.2) is 5.65 Å². The molecule has 2 aromatic carbocycles. The van der Waals surface area contributed by atoms with E-state index >= 15 is 0 Å². The maximum atomic E-state index is 13.2. The molecule has 0 saturated heterocycles. The molecule has 1 N–H and O–H groups in total. The second kappa shape index (κ2) is 7.32. The average Bonchev–Trinajstić information content (AvgIpc) is 3.11. The lowest BCUT2D eigenvalue weighted by molar-refractivity contribution is -0.113. The van der Waals surface area contributed by atoms with Gasteiger partial charge in [0.25, 0.3) is 0 Å². The number of aryl methyl sites for hydroxylation is 1. The van der Waals surface area contributed by atoms with Crippen LogP contribution in [0.4, 0.5) is 10.1 Å². The third-order valence-corrected chi connectivity index (χ3v) is 4.98. The lowest BCUT2D eigenvalue weighted by Crippen LogP contribution is -2.14. The topological polar surface area (TPSA) is 72.2 Å². The summed E-state index contributed by atoms with van der Waals surface area (Å²) in [7, 11) is 0. The third kappa shape index (κ3) is 3.48. The van der Waals surface area contributed by atoms with E-state index in [1.54, 1.807) is 12.1 Å². The van der Waals surface area contributed by atoms with E-state index in [2.05, 4.69) is 20.5 Å². The Bertz CT molecular complexity index is 1140. The van der Waals surface area contributed by atoms with E-state index in [4.69, 9.17) is 0 Å². The highest BCUT2D eigenvalue weighted by molar-refractivity contribution is 8.00. The van der Waals surface area contributed by atoms with Gasteiger partial charge in [0.2, 0.25) is 5.91 Å². The number of amides is 1. The fourth-order valence-corrected chi connectivity index (χ4v) is 3.60. The largest absolute Gasteiger partial charge is 0.325 e. The molecule has 0 aliphatic carbocycles. The number of nitrogens with zero attached hydrogens (tertiary/aromatic N) is 4. The summed E-state index contributed by atoms with van der Waals surface area (Å²) in [6.07, 6.45) is 0.735. The zero-order chi connectivity index (χ0) is 18.8. The van der Waals surface area contributed by atoms with Crippen molar-refractivity contribution in [2.45, 2.75) is 18.4 Å². The van der Waals surface area contributed by atoms with Gasteiger partial charge in [0, 0.05) is 12.1 Å². The van der Waals surface area contributed by atoms with E-state index in [0.717, 1.165) is 23.3 Å². The van der Waals surface area contributed by atoms with E-state index in [0.29, 0.717) is 16.4 Å². The van der Waals surface area contributed by atoms with Crippen LogP contribution in [-0.4, -0.2) is 31.2 Å². The van der Waals surface area contributed by atoms with E-state index in [1.807, 2.05) is 35.6 Å². The number of rotatable bonds is 5. The summed E-state index contributed by atoms with van der Waals surface area (Å²) in [5.41, 5.74) is 2.80. The van der Waals surface area contributed by atoms with E-state index < -0.39 is 5.82 Å². The fourth-order valence-electron chi connectivity index (χ4n) is 2.84. The first-order valence-corrected chi connectivity index (χ1v) is 9.45. The minimum atomic E-state index is -0.395. The molecule has 1 amide bonds. The Balaban J connectivity index is 1.61. The van der Waals surface area contributed by atoms with Crippen LogP contribution in [0.5, 0.6) is 0 Å². The first-order chi connectivity index (χ1) is 13.2. The van der Waals surface area contributed by atoms with Crippen LogP contribution in [0, 0.1) is 5.82 Å². The van der Waals surface area contributed by atoms with Gasteiger partial charge in [0.1, 0.15) is 16.7 Å². The van der Waals surface area contributed by atoms with E-state index in [1.165, 1.54) is 23.9 Å². The lowest BCUT2D eigenvalue weighted by Gasteiger charge is -2.08. The first kappa shape index (κ1) is 17.4. The van der Waals surface area contributed by atoms with Crippen molar-refractivity contribution in [1.29, 1.82) is 0 Å². The van der Waals surface area contributed by atoms with Crippen molar-refractivity contribution < 1.29 is 9.18 Å². The van der Waals surface area contributed by atoms with Gasteiger partial charge in [-0.25, -0.2) is 9.37 Å². The number of carbonyl (C=O) groups is 1. The molecule has 0 bridgehead atoms. The number of aromatic nitrogens is 4. The number of hydrogen-bond acceptors (Lipinski definition) is 5. The van der Waals surface area contributed by atoms with Crippen LogP contribution in [0.1, 0.15) is 12.7 Å². The SMILES string of the molecule is CCc1nnc2c(SCC(=O)Nc3cccc(F)c3)nc3ccccc3n12. The molecule has 0 unspecified atom stereocenters. The second-order valence-electron chi connectivity index (χ2n) is 5.88. The normalized spacial score (nSPS) is 11.2. The quantitative estimate of drug-likeness (QED) is 0.534. The number of thioether (sulfide) groups is 1. The highest BCUT2D eigenvalue weighted by Crippen LogP contribution is 2.26. The zero-order valence-electron chi connectivity index (χ0n) is 14.5. The Kier molecular flexibility index (Phi) is 4.72. The van der Waals surface area contributed by atoms with Crippen molar-refractivity contribution in [2.24, 2.45) is 0 Å². The molecular weight excluding hydrogens is 365 g/mol. The van der Waals surface area contributed by atoms with Gasteiger partial charge in [-0.1, -0.05) is 36.9 Å². The number of hydrogen-bond donors (Lipinski definition) is 1. The molecule has 0 spiro atoms. The van der Waals surface area contributed by atoms with Crippen LogP contribution >= 0.6 is 11.8 Å². The van der Waals surface area contributed by atoms with Gasteiger partial charge in [0.05, 0.1) is 16.8 Å². The van der Waals surface area contributed by atoms with Crippen LogP contribution in [-0.2, 0) is 11.2 Å². The molecule has 0 radical (unpaired) electrons. The number of benzene rings is 2. The monoisotopic (exact) mass is 381 g/mol. The van der Waals surface area contributed by atoms with Crippen molar-refractivity contribution in [3.8, 4) is 0 Å². The predicted octanol–water partition coefficient (Wildman–Crippen LogP) is 3.71. The van der Waals surface area contributed by atoms with Gasteiger partial charge in [-0.15, -0.1) is 10.2 Å². The molecule has 27 heavy (non-hydrogen) atoms. The highest BCUT2D eigenvalue weighted by atomic mass is 32.2. The summed E-state index contributed by atoms with van der Waals surface area (Å²) >= 11 is 1.28. The molecule has 0 aliphatic rings. The standard InChI is InChI=1S/C19H16FN5OS/c1-2-16-23-24-18-19(22-14-8-3-4-9-15(14)25(16)18)27-11-17(26)21-13-7-5-6-12(20)10-13/h3-10H,2,11H2,1H3,(H,21,26). The van der Waals surface area contributed by atoms with Crippen molar-refractivity contribution in [2.75, 3.05) is 11.1 Å². The summed E-state index contributed by atoms with van der Waals surface area (Å²) in [5.74, 6) is 0.337. The Hall–Kier alpha value is -3.00. The summed E-state index contributed by atoms with van der Waals surface area (Å²) < 4.78 is 15.2. The summed E-state index contributed by atoms with van der Waals surface area (Å²) in [6.45, 7) is 2.02. The molecule has 136 valence electrons. The van der Waals surface area contributed by atoms with Crippen LogP contribution in [0.3, 0.4) is 0 Å². The smallest absolute Gasteiger partial charge is 0.234 e. The van der Waals surface area contributed by atoms with Gasteiger partial charge in [-0.3, -0.25) is 9.20 Å². The van der Waals surface area contributed by atoms with Gasteiger partial charge in [-0.05, 0) is 30.3 Å². The van der Waals surface area contributed by atoms with Crippen molar-refractivity contribution in [3.63, 3.8) is 0 Å². The maximum Gasteiger partial charge on any atom is 0.234 e. The van der Waals surface area contributed by atoms with E-state index in [9.17, 15) is 9.18 Å². The molecular formula is C19H16FN5OS. The number of nitrogens with one attached hydrogen (secondary N) is 1. The Morgan fingerprint density at radius 1 is 1.19 bits per heavy atom. The van der Waals surface area contributed by atoms with Gasteiger partial charge in [-0.2, -0.15) is 0 Å². The summed E-state index contributed by atoms with van der Waals surface area (Å²) in [5, 5.41) is 11.8. The minimum absolute atomic E-state index is 0.131. The summed E-state index contributed by atoms with van der Waals surface area (Å²) in [6, 6.07) is 13.6. The number of carbonyl (C=O) groups excluding carboxylic acids is 1. The van der Waals surface area contributed by atoms with Crippen LogP contribution in [0.2, 0.25) is 0 Å². The average molecular weight is 381 g/mol. The van der Waals surface area contributed by atoms with E-state index in [-0.39, 0.29) is 11.7 Å². The fraction of sp³-hybridized carbons (Fsp3) is 0.158. The third-order valence-electron chi connectivity index (χ3n) is 4.03. The Morgan fingerprint density at radius 3 is 2.85 bits per heavy atom. The van der Waals surface area contributed by atoms with Crippen molar-refractivity contribution in [3.05, 3.63) is 60.2 Å². The Morgan fingerprint density at radius 2 is 2.04 bits per heavy atom. The molecule has 0 saturated carbocycles. The van der Waals surface area contributed by atoms with Crippen molar-refractivity contribution in [1.82, 2.24) is 19.6 Å². The molecule has 6 nitrogen and oxygen atoms in total. The number of para-hydroxylation sites is 2. The minimum Gasteiger partial charge on any atom is -0.325 e. The number of anilines is 1. The molecule has 0 aliphatic heterocycles. The Labute approximate surface area is 158 Å². The predicted molar refractivity (Wildman–Crippen MR) is 103 cm³/mol. The molecule has 2 heterocycles. The van der Waals surface area contributed by atoms with Crippen LogP contribution in [0.25, 0.3) is 16.7 Å². The van der Waals surface area contributed by atoms with Gasteiger partial charge < -0.3 is 5.32 Å². The molecule has 2 aromatic heterocycles. The second-order valence-corrected chi connectivity index (χ2v) is 6.85. The van der Waals surface area contributed by atoms with Crippen LogP contribution in [0.15, 0.2) is 53.6 Å². The van der Waals surface area contributed by atoms with Crippen LogP contribution < -0.4 is 5.32 Å².